The van der Waals surface area contributed by atoms with E-state index in [-0.39, 0.29) is 0 Å². The Labute approximate surface area is 126 Å². The van der Waals surface area contributed by atoms with Gasteiger partial charge in [-0.25, -0.2) is 4.98 Å². The smallest absolute Gasteiger partial charge is 0.0928 e. The van der Waals surface area contributed by atoms with Crippen LogP contribution in [0.2, 0.25) is 0 Å². The molecular weight excluding hydrogens is 266 g/mol. The van der Waals surface area contributed by atoms with Crippen molar-refractivity contribution < 1.29 is 0 Å². The fraction of sp³-hybridized carbons (Fsp3) is 0.812. The lowest BCUT2D eigenvalue weighted by Gasteiger charge is -2.31. The average Bonchev–Trinajstić information content (AvgIpc) is 3.19. The molecule has 0 aromatic carbocycles. The Balaban J connectivity index is 1.38. The third-order valence-corrected chi connectivity index (χ3v) is 5.39. The molecule has 112 valence electrons. The molecule has 1 aromatic heterocycles. The molecule has 0 unspecified atom stereocenters. The molecule has 1 saturated carbocycles. The first-order valence-electron chi connectivity index (χ1n) is 8.22. The number of hydrogen-bond donors (Lipinski definition) is 1. The SMILES string of the molecule is CCCc1nc(CN2CCC(CNC3CC3)CC2)cs1. The minimum atomic E-state index is 0.861. The number of nitrogens with one attached hydrogen (secondary N) is 1. The lowest BCUT2D eigenvalue weighted by Crippen LogP contribution is -2.37. The second-order valence-corrected chi connectivity index (χ2v) is 7.33. The number of likely N-dealkylation sites (tertiary alicyclic amines) is 1. The highest BCUT2D eigenvalue weighted by Gasteiger charge is 2.24. The Morgan fingerprint density at radius 1 is 1.30 bits per heavy atom. The van der Waals surface area contributed by atoms with E-state index < -0.39 is 0 Å². The standard InChI is InChI=1S/C16H27N3S/c1-2-3-16-18-15(12-20-16)11-19-8-6-13(7-9-19)10-17-14-4-5-14/h12-14,17H,2-11H2,1H3. The molecule has 0 amide bonds. The zero-order valence-electron chi connectivity index (χ0n) is 12.6. The van der Waals surface area contributed by atoms with Gasteiger partial charge in [-0.2, -0.15) is 0 Å². The monoisotopic (exact) mass is 293 g/mol. The van der Waals surface area contributed by atoms with Crippen LogP contribution in [-0.2, 0) is 13.0 Å². The van der Waals surface area contributed by atoms with Gasteiger partial charge in [0.1, 0.15) is 0 Å². The van der Waals surface area contributed by atoms with Crippen molar-refractivity contribution in [3.8, 4) is 0 Å². The first-order chi connectivity index (χ1) is 9.83. The van der Waals surface area contributed by atoms with Gasteiger partial charge in [0.15, 0.2) is 0 Å². The van der Waals surface area contributed by atoms with Crippen molar-refractivity contribution in [3.63, 3.8) is 0 Å². The quantitative estimate of drug-likeness (QED) is 0.837. The fourth-order valence-electron chi connectivity index (χ4n) is 2.95. The zero-order chi connectivity index (χ0) is 13.8. The van der Waals surface area contributed by atoms with E-state index in [9.17, 15) is 0 Å². The van der Waals surface area contributed by atoms with Gasteiger partial charge in [0, 0.05) is 18.0 Å². The molecule has 3 nitrogen and oxygen atoms in total. The second kappa shape index (κ2) is 7.01. The van der Waals surface area contributed by atoms with Crippen LogP contribution in [0.1, 0.15) is 49.7 Å². The highest BCUT2D eigenvalue weighted by molar-refractivity contribution is 7.09. The van der Waals surface area contributed by atoms with Crippen molar-refractivity contribution in [1.82, 2.24) is 15.2 Å². The van der Waals surface area contributed by atoms with Gasteiger partial charge in [-0.3, -0.25) is 4.90 Å². The van der Waals surface area contributed by atoms with E-state index in [4.69, 9.17) is 4.98 Å². The average molecular weight is 293 g/mol. The van der Waals surface area contributed by atoms with Crippen molar-refractivity contribution in [3.05, 3.63) is 16.1 Å². The van der Waals surface area contributed by atoms with Crippen LogP contribution in [-0.4, -0.2) is 35.6 Å². The molecule has 1 aromatic rings. The van der Waals surface area contributed by atoms with Gasteiger partial charge in [0.05, 0.1) is 10.7 Å². The lowest BCUT2D eigenvalue weighted by molar-refractivity contribution is 0.174. The number of rotatable bonds is 7. The van der Waals surface area contributed by atoms with Crippen LogP contribution < -0.4 is 5.32 Å². The van der Waals surface area contributed by atoms with Gasteiger partial charge in [-0.15, -0.1) is 11.3 Å². The Bertz CT molecular complexity index is 406. The number of piperidine rings is 1. The van der Waals surface area contributed by atoms with Crippen molar-refractivity contribution >= 4 is 11.3 Å². The molecule has 2 heterocycles. The van der Waals surface area contributed by atoms with Crippen LogP contribution in [0.3, 0.4) is 0 Å². The molecule has 4 heteroatoms. The molecule has 0 atom stereocenters. The highest BCUT2D eigenvalue weighted by Crippen LogP contribution is 2.23. The Kier molecular flexibility index (Phi) is 5.08. The maximum atomic E-state index is 4.75. The molecule has 0 radical (unpaired) electrons. The second-order valence-electron chi connectivity index (χ2n) is 6.38. The van der Waals surface area contributed by atoms with E-state index >= 15 is 0 Å². The summed E-state index contributed by atoms with van der Waals surface area (Å²) in [5.41, 5.74) is 1.29. The highest BCUT2D eigenvalue weighted by atomic mass is 32.1. The zero-order valence-corrected chi connectivity index (χ0v) is 13.4. The number of aryl methyl sites for hydroxylation is 1. The van der Waals surface area contributed by atoms with Gasteiger partial charge in [0.25, 0.3) is 0 Å². The van der Waals surface area contributed by atoms with Gasteiger partial charge in [-0.1, -0.05) is 6.92 Å². The van der Waals surface area contributed by atoms with E-state index in [1.807, 2.05) is 11.3 Å². The number of hydrogen-bond acceptors (Lipinski definition) is 4. The van der Waals surface area contributed by atoms with Crippen LogP contribution in [0.25, 0.3) is 0 Å². The predicted molar refractivity (Wildman–Crippen MR) is 85.1 cm³/mol. The third-order valence-electron chi connectivity index (χ3n) is 4.43. The van der Waals surface area contributed by atoms with E-state index in [2.05, 4.69) is 22.5 Å². The summed E-state index contributed by atoms with van der Waals surface area (Å²) in [6.07, 6.45) is 7.86. The summed E-state index contributed by atoms with van der Waals surface area (Å²) in [5.74, 6) is 0.901. The summed E-state index contributed by atoms with van der Waals surface area (Å²) in [4.78, 5) is 7.33. The molecule has 0 bridgehead atoms. The maximum Gasteiger partial charge on any atom is 0.0928 e. The summed E-state index contributed by atoms with van der Waals surface area (Å²) >= 11 is 1.83. The van der Waals surface area contributed by atoms with E-state index in [0.29, 0.717) is 0 Å². The third kappa shape index (κ3) is 4.27. The summed E-state index contributed by atoms with van der Waals surface area (Å²) in [6, 6.07) is 0.861. The molecule has 1 N–H and O–H groups in total. The molecule has 1 aliphatic carbocycles. The molecule has 1 saturated heterocycles. The van der Waals surface area contributed by atoms with Crippen molar-refractivity contribution in [2.75, 3.05) is 19.6 Å². The van der Waals surface area contributed by atoms with Crippen LogP contribution in [0.15, 0.2) is 5.38 Å². The van der Waals surface area contributed by atoms with Crippen LogP contribution in [0.5, 0.6) is 0 Å². The van der Waals surface area contributed by atoms with Crippen molar-refractivity contribution in [2.24, 2.45) is 5.92 Å². The van der Waals surface area contributed by atoms with Crippen molar-refractivity contribution in [1.29, 1.82) is 0 Å². The first kappa shape index (κ1) is 14.5. The summed E-state index contributed by atoms with van der Waals surface area (Å²) in [7, 11) is 0. The summed E-state index contributed by atoms with van der Waals surface area (Å²) in [6.45, 7) is 7.02. The predicted octanol–water partition coefficient (Wildman–Crippen LogP) is 3.06. The molecular formula is C16H27N3S. The molecule has 2 fully saturated rings. The Hall–Kier alpha value is -0.450. The van der Waals surface area contributed by atoms with Crippen LogP contribution in [0.4, 0.5) is 0 Å². The molecule has 1 aliphatic heterocycles. The topological polar surface area (TPSA) is 28.2 Å². The van der Waals surface area contributed by atoms with E-state index in [0.717, 1.165) is 24.9 Å². The first-order valence-corrected chi connectivity index (χ1v) is 9.10. The van der Waals surface area contributed by atoms with Crippen molar-refractivity contribution in [2.45, 2.75) is 58.0 Å². The number of thiazole rings is 1. The minimum Gasteiger partial charge on any atom is -0.314 e. The molecule has 3 rings (SSSR count). The molecule has 20 heavy (non-hydrogen) atoms. The van der Waals surface area contributed by atoms with Gasteiger partial charge < -0.3 is 5.32 Å². The fourth-order valence-corrected chi connectivity index (χ4v) is 3.84. The van der Waals surface area contributed by atoms with Crippen LogP contribution >= 0.6 is 11.3 Å². The maximum absolute atomic E-state index is 4.75. The van der Waals surface area contributed by atoms with Gasteiger partial charge >= 0.3 is 0 Å². The largest absolute Gasteiger partial charge is 0.314 e. The Morgan fingerprint density at radius 3 is 2.80 bits per heavy atom. The number of aromatic nitrogens is 1. The summed E-state index contributed by atoms with van der Waals surface area (Å²) in [5, 5.41) is 7.25. The van der Waals surface area contributed by atoms with Crippen LogP contribution in [0, 0.1) is 5.92 Å². The normalized spacial score (nSPS) is 21.4. The number of nitrogens with zero attached hydrogens (tertiary/aromatic N) is 2. The molecule has 0 spiro atoms. The lowest BCUT2D eigenvalue weighted by atomic mass is 9.96. The summed E-state index contributed by atoms with van der Waals surface area (Å²) < 4.78 is 0. The van der Waals surface area contributed by atoms with E-state index in [1.54, 1.807) is 0 Å². The van der Waals surface area contributed by atoms with E-state index in [1.165, 1.54) is 62.4 Å². The van der Waals surface area contributed by atoms with Gasteiger partial charge in [-0.05, 0) is 64.1 Å². The molecule has 2 aliphatic rings. The minimum absolute atomic E-state index is 0.861. The van der Waals surface area contributed by atoms with Gasteiger partial charge in [0.2, 0.25) is 0 Å². The Morgan fingerprint density at radius 2 is 2.10 bits per heavy atom.